The number of nitrogens with zero attached hydrogens (tertiary/aromatic N) is 1. The van der Waals surface area contributed by atoms with E-state index >= 15 is 0 Å². The van der Waals surface area contributed by atoms with E-state index in [1.165, 1.54) is 0 Å². The molecule has 1 aliphatic rings. The molecule has 0 bridgehead atoms. The Morgan fingerprint density at radius 1 is 1.15 bits per heavy atom. The highest BCUT2D eigenvalue weighted by atomic mass is 19.1. The summed E-state index contributed by atoms with van der Waals surface area (Å²) in [7, 11) is -0.694. The summed E-state index contributed by atoms with van der Waals surface area (Å²) >= 11 is 0. The van der Waals surface area contributed by atoms with Crippen molar-refractivity contribution in [1.29, 1.82) is 0 Å². The molecule has 2 rings (SSSR count). The zero-order valence-corrected chi connectivity index (χ0v) is 13.2. The number of halogens is 1. The molecule has 1 fully saturated rings. The fraction of sp³-hybridized carbons (Fsp3) is 0.667. The Kier molecular flexibility index (Phi) is 3.95. The molecule has 3 nitrogen and oxygen atoms in total. The monoisotopic (exact) mass is 279 g/mol. The van der Waals surface area contributed by atoms with Gasteiger partial charge in [-0.3, -0.25) is 0 Å². The number of hydrogen-bond acceptors (Lipinski definition) is 3. The van der Waals surface area contributed by atoms with Gasteiger partial charge in [0.15, 0.2) is 0 Å². The average molecular weight is 279 g/mol. The zero-order chi connectivity index (χ0) is 15.1. The van der Waals surface area contributed by atoms with Crippen LogP contribution in [0.4, 0.5) is 4.39 Å². The molecular weight excluding hydrogens is 256 g/mol. The van der Waals surface area contributed by atoms with E-state index in [-0.39, 0.29) is 0 Å². The van der Waals surface area contributed by atoms with Crippen molar-refractivity contribution in [2.45, 2.75) is 59.2 Å². The van der Waals surface area contributed by atoms with Crippen molar-refractivity contribution >= 4 is 12.6 Å². The molecule has 5 heteroatoms. The highest BCUT2D eigenvalue weighted by Crippen LogP contribution is 2.36. The number of rotatable bonds is 3. The third-order valence-electron chi connectivity index (χ3n) is 4.06. The minimum atomic E-state index is -0.694. The fourth-order valence-electron chi connectivity index (χ4n) is 2.16. The van der Waals surface area contributed by atoms with Crippen LogP contribution in [0.15, 0.2) is 12.1 Å². The lowest BCUT2D eigenvalue weighted by molar-refractivity contribution is 0.00578. The van der Waals surface area contributed by atoms with Gasteiger partial charge in [0.05, 0.1) is 11.2 Å². The van der Waals surface area contributed by atoms with Gasteiger partial charge in [0.2, 0.25) is 5.95 Å². The maximum atomic E-state index is 14.2. The fourth-order valence-corrected chi connectivity index (χ4v) is 2.16. The van der Waals surface area contributed by atoms with Gasteiger partial charge in [0.1, 0.15) is 0 Å². The number of pyridine rings is 1. The summed E-state index contributed by atoms with van der Waals surface area (Å²) in [5.41, 5.74) is 0.190. The Balaban J connectivity index is 2.23. The summed E-state index contributed by atoms with van der Waals surface area (Å²) in [6.07, 6.45) is 0.764. The molecule has 1 saturated heterocycles. The smallest absolute Gasteiger partial charge is 0.399 e. The van der Waals surface area contributed by atoms with E-state index in [1.54, 1.807) is 6.07 Å². The Morgan fingerprint density at radius 2 is 1.70 bits per heavy atom. The van der Waals surface area contributed by atoms with Crippen LogP contribution in [0.25, 0.3) is 0 Å². The molecule has 0 spiro atoms. The summed E-state index contributed by atoms with van der Waals surface area (Å²) in [6.45, 7) is 12.0. The van der Waals surface area contributed by atoms with Crippen LogP contribution in [-0.4, -0.2) is 23.3 Å². The number of aromatic nitrogens is 1. The van der Waals surface area contributed by atoms with Crippen LogP contribution in [0.3, 0.4) is 0 Å². The Morgan fingerprint density at radius 3 is 2.15 bits per heavy atom. The van der Waals surface area contributed by atoms with Gasteiger partial charge in [0, 0.05) is 11.2 Å². The maximum absolute atomic E-state index is 14.2. The second kappa shape index (κ2) is 5.12. The molecule has 0 saturated carbocycles. The normalized spacial score (nSPS) is 20.7. The van der Waals surface area contributed by atoms with E-state index in [2.05, 4.69) is 18.8 Å². The van der Waals surface area contributed by atoms with Crippen molar-refractivity contribution in [3.8, 4) is 0 Å². The molecule has 1 aromatic heterocycles. The molecule has 0 atom stereocenters. The van der Waals surface area contributed by atoms with Crippen molar-refractivity contribution in [2.75, 3.05) is 0 Å². The SMILES string of the molecule is CC(C)Cc1ccc(B2OC(C)(C)C(C)(C)O2)c(F)n1. The molecule has 0 amide bonds. The lowest BCUT2D eigenvalue weighted by Gasteiger charge is -2.32. The van der Waals surface area contributed by atoms with Gasteiger partial charge in [-0.25, -0.2) is 4.98 Å². The van der Waals surface area contributed by atoms with Crippen molar-refractivity contribution in [3.05, 3.63) is 23.8 Å². The van der Waals surface area contributed by atoms with Crippen molar-refractivity contribution in [1.82, 2.24) is 4.98 Å². The van der Waals surface area contributed by atoms with Gasteiger partial charge in [-0.15, -0.1) is 0 Å². The van der Waals surface area contributed by atoms with Crippen LogP contribution in [0.1, 0.15) is 47.2 Å². The first-order valence-electron chi connectivity index (χ1n) is 7.13. The minimum Gasteiger partial charge on any atom is -0.399 e. The first kappa shape index (κ1) is 15.5. The first-order chi connectivity index (χ1) is 9.12. The van der Waals surface area contributed by atoms with Crippen LogP contribution in [0, 0.1) is 11.9 Å². The summed E-state index contributed by atoms with van der Waals surface area (Å²) in [5.74, 6) is -0.0498. The second-order valence-corrected chi connectivity index (χ2v) is 6.87. The molecule has 0 aliphatic carbocycles. The topological polar surface area (TPSA) is 31.4 Å². The van der Waals surface area contributed by atoms with Crippen LogP contribution < -0.4 is 5.46 Å². The molecule has 1 aliphatic heterocycles. The molecule has 1 aromatic rings. The Bertz CT molecular complexity index is 487. The third kappa shape index (κ3) is 2.89. The molecule has 0 aromatic carbocycles. The summed E-state index contributed by atoms with van der Waals surface area (Å²) < 4.78 is 25.9. The highest BCUT2D eigenvalue weighted by molar-refractivity contribution is 6.62. The zero-order valence-electron chi connectivity index (χ0n) is 13.2. The van der Waals surface area contributed by atoms with E-state index in [9.17, 15) is 4.39 Å². The first-order valence-corrected chi connectivity index (χ1v) is 7.13. The molecule has 0 radical (unpaired) electrons. The molecule has 2 heterocycles. The van der Waals surface area contributed by atoms with Gasteiger partial charge in [-0.1, -0.05) is 19.9 Å². The molecule has 110 valence electrons. The van der Waals surface area contributed by atoms with Crippen molar-refractivity contribution in [3.63, 3.8) is 0 Å². The summed E-state index contributed by atoms with van der Waals surface area (Å²) in [4.78, 5) is 4.03. The summed E-state index contributed by atoms with van der Waals surface area (Å²) in [6, 6.07) is 3.58. The van der Waals surface area contributed by atoms with Crippen molar-refractivity contribution < 1.29 is 13.7 Å². The van der Waals surface area contributed by atoms with Gasteiger partial charge < -0.3 is 9.31 Å². The van der Waals surface area contributed by atoms with Crippen LogP contribution in [0.2, 0.25) is 0 Å². The summed E-state index contributed by atoms with van der Waals surface area (Å²) in [5, 5.41) is 0. The van der Waals surface area contributed by atoms with Gasteiger partial charge >= 0.3 is 7.12 Å². The molecule has 0 unspecified atom stereocenters. The largest absolute Gasteiger partial charge is 0.499 e. The van der Waals surface area contributed by atoms with E-state index in [0.29, 0.717) is 11.4 Å². The number of hydrogen-bond donors (Lipinski definition) is 0. The lowest BCUT2D eigenvalue weighted by atomic mass is 9.80. The quantitative estimate of drug-likeness (QED) is 0.629. The van der Waals surface area contributed by atoms with Crippen LogP contribution in [-0.2, 0) is 15.7 Å². The highest BCUT2D eigenvalue weighted by Gasteiger charge is 2.52. The third-order valence-corrected chi connectivity index (χ3v) is 4.06. The minimum absolute atomic E-state index is 0.371. The standard InChI is InChI=1S/C15H23BFNO2/c1-10(2)9-11-7-8-12(13(17)18-11)16-19-14(3,4)15(5,6)20-16/h7-8,10H,9H2,1-6H3. The molecular formula is C15H23BFNO2. The van der Waals surface area contributed by atoms with Gasteiger partial charge in [0.25, 0.3) is 0 Å². The van der Waals surface area contributed by atoms with Crippen LogP contribution in [0.5, 0.6) is 0 Å². The van der Waals surface area contributed by atoms with E-state index in [0.717, 1.165) is 12.1 Å². The predicted octanol–water partition coefficient (Wildman–Crippen LogP) is 2.72. The Hall–Kier alpha value is -0.935. The molecule has 0 N–H and O–H groups in total. The maximum Gasteiger partial charge on any atom is 0.499 e. The second-order valence-electron chi connectivity index (χ2n) is 6.87. The lowest BCUT2D eigenvalue weighted by Crippen LogP contribution is -2.41. The van der Waals surface area contributed by atoms with E-state index in [1.807, 2.05) is 33.8 Å². The van der Waals surface area contributed by atoms with E-state index < -0.39 is 24.3 Å². The predicted molar refractivity (Wildman–Crippen MR) is 78.5 cm³/mol. The Labute approximate surface area is 121 Å². The average Bonchev–Trinajstić information content (AvgIpc) is 2.46. The van der Waals surface area contributed by atoms with Gasteiger partial charge in [-0.2, -0.15) is 4.39 Å². The van der Waals surface area contributed by atoms with E-state index in [4.69, 9.17) is 9.31 Å². The van der Waals surface area contributed by atoms with Gasteiger partial charge in [-0.05, 0) is 46.1 Å². The van der Waals surface area contributed by atoms with Crippen LogP contribution >= 0.6 is 0 Å². The van der Waals surface area contributed by atoms with Crippen molar-refractivity contribution in [2.24, 2.45) is 5.92 Å². The molecule has 20 heavy (non-hydrogen) atoms.